The molecule has 6 heteroatoms. The number of nitrogens with zero attached hydrogens (tertiary/aromatic N) is 3. The topological polar surface area (TPSA) is 28.1 Å². The Hall–Kier alpha value is -2.34. The number of hydrogen-bond donors (Lipinski definition) is 0. The Labute approximate surface area is 207 Å². The van der Waals surface area contributed by atoms with Crippen LogP contribution in [0, 0.1) is 0 Å². The fourth-order valence-corrected chi connectivity index (χ4v) is 5.75. The highest BCUT2D eigenvalue weighted by molar-refractivity contribution is 9.10. The van der Waals surface area contributed by atoms with Gasteiger partial charge in [-0.2, -0.15) is 5.10 Å². The smallest absolute Gasteiger partial charge is 0.200 e. The normalized spacial score (nSPS) is 21.3. The number of ether oxygens (including phenoxy) is 1. The molecule has 3 aromatic carbocycles. The monoisotopic (exact) mass is 521 g/mol. The van der Waals surface area contributed by atoms with E-state index in [0.717, 1.165) is 71.0 Å². The van der Waals surface area contributed by atoms with Crippen LogP contribution >= 0.6 is 27.5 Å². The maximum atomic E-state index is 6.76. The quantitative estimate of drug-likeness (QED) is 0.386. The molecule has 33 heavy (non-hydrogen) atoms. The summed E-state index contributed by atoms with van der Waals surface area (Å²) in [5, 5.41) is 8.16. The lowest BCUT2D eigenvalue weighted by Crippen LogP contribution is -2.59. The highest BCUT2D eigenvalue weighted by Crippen LogP contribution is 2.50. The summed E-state index contributed by atoms with van der Waals surface area (Å²) < 4.78 is 7.83. The molecule has 0 aromatic heterocycles. The fourth-order valence-electron chi connectivity index (χ4n) is 5.30. The molecule has 0 amide bonds. The molecule has 1 atom stereocenters. The Morgan fingerprint density at radius 1 is 1.00 bits per heavy atom. The van der Waals surface area contributed by atoms with Crippen LogP contribution in [0.15, 0.2) is 82.4 Å². The fraction of sp³-hybridized carbons (Fsp3) is 0.296. The predicted molar refractivity (Wildman–Crippen MR) is 136 cm³/mol. The van der Waals surface area contributed by atoms with Gasteiger partial charge < -0.3 is 4.74 Å². The summed E-state index contributed by atoms with van der Waals surface area (Å²) in [4.78, 5) is 2.52. The van der Waals surface area contributed by atoms with Crippen LogP contribution < -0.4 is 4.74 Å². The third-order valence-corrected chi connectivity index (χ3v) is 7.79. The van der Waals surface area contributed by atoms with E-state index in [1.165, 1.54) is 5.56 Å². The van der Waals surface area contributed by atoms with Crippen molar-refractivity contribution in [3.05, 3.63) is 99.0 Å². The summed E-state index contributed by atoms with van der Waals surface area (Å²) in [5.41, 5.74) is 4.33. The summed E-state index contributed by atoms with van der Waals surface area (Å²) in [7, 11) is 0. The van der Waals surface area contributed by atoms with Gasteiger partial charge in [0, 0.05) is 54.0 Å². The van der Waals surface area contributed by atoms with Gasteiger partial charge in [-0.25, -0.2) is 5.01 Å². The number of halogens is 2. The van der Waals surface area contributed by atoms with Gasteiger partial charge in [-0.3, -0.25) is 4.90 Å². The van der Waals surface area contributed by atoms with E-state index in [0.29, 0.717) is 0 Å². The number of fused-ring (bicyclic) bond motifs is 4. The Kier molecular flexibility index (Phi) is 5.44. The lowest BCUT2D eigenvalue weighted by molar-refractivity contribution is -0.150. The molecular formula is C27H25BrClN3O. The number of rotatable bonds is 3. The van der Waals surface area contributed by atoms with Crippen molar-refractivity contribution >= 4 is 33.2 Å². The molecule has 0 bridgehead atoms. The molecule has 3 aliphatic rings. The Bertz CT molecular complexity index is 1190. The lowest BCUT2D eigenvalue weighted by Gasteiger charge is -2.51. The second-order valence-electron chi connectivity index (χ2n) is 9.11. The maximum absolute atomic E-state index is 6.76. The molecule has 0 saturated carbocycles. The Balaban J connectivity index is 1.31. The first-order valence-electron chi connectivity index (χ1n) is 11.5. The van der Waals surface area contributed by atoms with Crippen molar-refractivity contribution in [3.63, 3.8) is 0 Å². The van der Waals surface area contributed by atoms with Crippen LogP contribution in [0.3, 0.4) is 0 Å². The summed E-state index contributed by atoms with van der Waals surface area (Å²) in [6.45, 7) is 2.92. The zero-order valence-electron chi connectivity index (χ0n) is 18.3. The lowest BCUT2D eigenvalue weighted by atomic mass is 9.90. The molecule has 3 aromatic rings. The van der Waals surface area contributed by atoms with Crippen LogP contribution in [0.25, 0.3) is 0 Å². The maximum Gasteiger partial charge on any atom is 0.200 e. The van der Waals surface area contributed by atoms with Crippen LogP contribution in [0.4, 0.5) is 0 Å². The van der Waals surface area contributed by atoms with Gasteiger partial charge in [0.1, 0.15) is 5.75 Å². The average Bonchev–Trinajstić information content (AvgIpc) is 3.29. The molecule has 6 rings (SSSR count). The van der Waals surface area contributed by atoms with E-state index in [2.05, 4.69) is 80.4 Å². The molecule has 1 unspecified atom stereocenters. The van der Waals surface area contributed by atoms with Crippen LogP contribution in [0.1, 0.15) is 42.0 Å². The molecule has 1 fully saturated rings. The van der Waals surface area contributed by atoms with Gasteiger partial charge in [-0.05, 0) is 41.5 Å². The van der Waals surface area contributed by atoms with Crippen molar-refractivity contribution in [3.8, 4) is 5.75 Å². The molecular weight excluding hydrogens is 498 g/mol. The summed E-state index contributed by atoms with van der Waals surface area (Å²) in [6, 6.07) is 25.3. The third-order valence-electron chi connectivity index (χ3n) is 7.02. The van der Waals surface area contributed by atoms with Gasteiger partial charge in [0.15, 0.2) is 0 Å². The molecule has 0 radical (unpaired) electrons. The van der Waals surface area contributed by atoms with Gasteiger partial charge >= 0.3 is 0 Å². The number of benzene rings is 3. The van der Waals surface area contributed by atoms with Gasteiger partial charge in [-0.15, -0.1) is 0 Å². The standard InChI is InChI=1S/C27H25BrClN3O/c28-21-8-6-20(7-9-21)24-17-25-23-16-22(29)10-11-26(23)33-27(32(25)30-24)12-14-31(15-13-27)18-19-4-2-1-3-5-19/h1-11,16,25H,12-15,17-18H2. The number of hydrazone groups is 1. The molecule has 3 aliphatic heterocycles. The molecule has 0 N–H and O–H groups in total. The zero-order valence-corrected chi connectivity index (χ0v) is 20.6. The highest BCUT2D eigenvalue weighted by atomic mass is 79.9. The summed E-state index contributed by atoms with van der Waals surface area (Å²) in [5.74, 6) is 0.949. The number of piperidine rings is 1. The molecule has 168 valence electrons. The van der Waals surface area contributed by atoms with E-state index in [9.17, 15) is 0 Å². The van der Waals surface area contributed by atoms with Crippen molar-refractivity contribution in [2.24, 2.45) is 5.10 Å². The molecule has 4 nitrogen and oxygen atoms in total. The first-order chi connectivity index (χ1) is 16.1. The zero-order chi connectivity index (χ0) is 22.4. The Morgan fingerprint density at radius 3 is 2.52 bits per heavy atom. The number of hydrogen-bond acceptors (Lipinski definition) is 4. The summed E-state index contributed by atoms with van der Waals surface area (Å²) in [6.07, 6.45) is 2.68. The Morgan fingerprint density at radius 2 is 1.76 bits per heavy atom. The first-order valence-corrected chi connectivity index (χ1v) is 12.6. The van der Waals surface area contributed by atoms with E-state index in [4.69, 9.17) is 21.4 Å². The predicted octanol–water partition coefficient (Wildman–Crippen LogP) is 6.64. The van der Waals surface area contributed by atoms with Crippen LogP contribution in [0.2, 0.25) is 5.02 Å². The molecule has 1 saturated heterocycles. The molecule has 1 spiro atoms. The van der Waals surface area contributed by atoms with E-state index in [1.807, 2.05) is 18.2 Å². The van der Waals surface area contributed by atoms with Crippen molar-refractivity contribution in [2.45, 2.75) is 37.6 Å². The van der Waals surface area contributed by atoms with Crippen molar-refractivity contribution in [2.75, 3.05) is 13.1 Å². The van der Waals surface area contributed by atoms with Gasteiger partial charge in [0.05, 0.1) is 11.8 Å². The van der Waals surface area contributed by atoms with Crippen molar-refractivity contribution in [1.82, 2.24) is 9.91 Å². The van der Waals surface area contributed by atoms with Crippen LogP contribution in [-0.4, -0.2) is 34.4 Å². The van der Waals surface area contributed by atoms with Gasteiger partial charge in [0.25, 0.3) is 0 Å². The van der Waals surface area contributed by atoms with Gasteiger partial charge in [-0.1, -0.05) is 70.0 Å². The number of likely N-dealkylation sites (tertiary alicyclic amines) is 1. The van der Waals surface area contributed by atoms with E-state index < -0.39 is 5.72 Å². The van der Waals surface area contributed by atoms with E-state index in [-0.39, 0.29) is 6.04 Å². The summed E-state index contributed by atoms with van der Waals surface area (Å²) >= 11 is 9.93. The highest BCUT2D eigenvalue weighted by Gasteiger charge is 2.51. The van der Waals surface area contributed by atoms with Crippen LogP contribution in [0.5, 0.6) is 5.75 Å². The van der Waals surface area contributed by atoms with E-state index in [1.54, 1.807) is 0 Å². The largest absolute Gasteiger partial charge is 0.466 e. The van der Waals surface area contributed by atoms with Gasteiger partial charge in [0.2, 0.25) is 5.72 Å². The average molecular weight is 523 g/mol. The van der Waals surface area contributed by atoms with Crippen molar-refractivity contribution < 1.29 is 4.74 Å². The second-order valence-corrected chi connectivity index (χ2v) is 10.5. The SMILES string of the molecule is Clc1ccc2c(c1)C1CC(c3ccc(Br)cc3)=NN1C1(CCN(Cc3ccccc3)CC1)O2. The van der Waals surface area contributed by atoms with Crippen LogP contribution in [-0.2, 0) is 6.54 Å². The second kappa shape index (κ2) is 8.46. The molecule has 0 aliphatic carbocycles. The minimum Gasteiger partial charge on any atom is -0.466 e. The first kappa shape index (κ1) is 21.2. The van der Waals surface area contributed by atoms with E-state index >= 15 is 0 Å². The molecule has 3 heterocycles. The third kappa shape index (κ3) is 3.96. The van der Waals surface area contributed by atoms with Crippen molar-refractivity contribution in [1.29, 1.82) is 0 Å². The minimum absolute atomic E-state index is 0.145. The minimum atomic E-state index is -0.421.